The Morgan fingerprint density at radius 2 is 1.80 bits per heavy atom. The van der Waals surface area contributed by atoms with E-state index >= 15 is 0 Å². The van der Waals surface area contributed by atoms with Gasteiger partial charge in [0.15, 0.2) is 11.5 Å². The van der Waals surface area contributed by atoms with Gasteiger partial charge in [-0.2, -0.15) is 15.0 Å². The van der Waals surface area contributed by atoms with Crippen LogP contribution in [0, 0.1) is 0 Å². The van der Waals surface area contributed by atoms with Crippen LogP contribution in [-0.4, -0.2) is 58.7 Å². The summed E-state index contributed by atoms with van der Waals surface area (Å²) < 4.78 is 16.5. The van der Waals surface area contributed by atoms with Crippen LogP contribution in [0.5, 0.6) is 17.2 Å². The van der Waals surface area contributed by atoms with Crippen molar-refractivity contribution in [3.63, 3.8) is 0 Å². The Hall–Kier alpha value is -4.50. The average molecular weight is 574 g/mol. The van der Waals surface area contributed by atoms with Gasteiger partial charge in [-0.25, -0.2) is 0 Å². The van der Waals surface area contributed by atoms with Gasteiger partial charge in [0.05, 0.1) is 45.8 Å². The smallest absolute Gasteiger partial charge is 0.210 e. The molecule has 212 valence electrons. The van der Waals surface area contributed by atoms with E-state index in [1.165, 1.54) is 5.56 Å². The number of rotatable bonds is 9. The van der Waals surface area contributed by atoms with Gasteiger partial charge in [0.1, 0.15) is 5.75 Å². The maximum absolute atomic E-state index is 11.9. The number of nitrogens with zero attached hydrogens (tertiary/aromatic N) is 4. The fourth-order valence-electron chi connectivity index (χ4n) is 5.03. The number of benzene rings is 3. The highest BCUT2D eigenvalue weighted by atomic mass is 35.5. The third-order valence-electron chi connectivity index (χ3n) is 6.97. The molecule has 1 atom stereocenters. The lowest BCUT2D eigenvalue weighted by Gasteiger charge is -2.33. The van der Waals surface area contributed by atoms with E-state index in [-0.39, 0.29) is 6.04 Å². The van der Waals surface area contributed by atoms with Crippen LogP contribution in [-0.2, 0) is 17.8 Å². The van der Waals surface area contributed by atoms with Gasteiger partial charge >= 0.3 is 0 Å². The SMILES string of the molecule is COc1cc(C2c3[nH]c4ccc(Cl)cc4c3CCN2C=O)ccc1OCCCn1nccn1.COc1ccccc1. The lowest BCUT2D eigenvalue weighted by atomic mass is 9.92. The number of carbonyl (C=O) groups excluding carboxylic acids is 1. The number of aromatic amines is 1. The van der Waals surface area contributed by atoms with Gasteiger partial charge in [-0.3, -0.25) is 4.79 Å². The highest BCUT2D eigenvalue weighted by molar-refractivity contribution is 6.31. The van der Waals surface area contributed by atoms with E-state index in [0.29, 0.717) is 36.2 Å². The van der Waals surface area contributed by atoms with Crippen LogP contribution in [0.1, 0.15) is 29.3 Å². The molecule has 9 nitrogen and oxygen atoms in total. The third-order valence-corrected chi connectivity index (χ3v) is 7.21. The van der Waals surface area contributed by atoms with Crippen molar-refractivity contribution in [2.24, 2.45) is 0 Å². The van der Waals surface area contributed by atoms with Gasteiger partial charge in [0.25, 0.3) is 0 Å². The molecule has 3 heterocycles. The van der Waals surface area contributed by atoms with Crippen LogP contribution in [0.3, 0.4) is 0 Å². The molecule has 0 radical (unpaired) electrons. The Labute approximate surface area is 243 Å². The Kier molecular flexibility index (Phi) is 9.05. The molecular formula is C31H32ClN5O4. The maximum Gasteiger partial charge on any atom is 0.210 e. The number of fused-ring (bicyclic) bond motifs is 3. The zero-order chi connectivity index (χ0) is 28.6. The van der Waals surface area contributed by atoms with E-state index in [1.807, 2.05) is 71.6 Å². The summed E-state index contributed by atoms with van der Waals surface area (Å²) in [6.07, 6.45) is 5.76. The summed E-state index contributed by atoms with van der Waals surface area (Å²) in [5, 5.41) is 9.99. The minimum atomic E-state index is -0.244. The quantitative estimate of drug-likeness (QED) is 0.180. The van der Waals surface area contributed by atoms with E-state index in [1.54, 1.807) is 31.4 Å². The highest BCUT2D eigenvalue weighted by Gasteiger charge is 2.31. The molecule has 0 bridgehead atoms. The fourth-order valence-corrected chi connectivity index (χ4v) is 5.20. The van der Waals surface area contributed by atoms with Crippen LogP contribution < -0.4 is 14.2 Å². The number of nitrogens with one attached hydrogen (secondary N) is 1. The molecule has 1 aliphatic heterocycles. The summed E-state index contributed by atoms with van der Waals surface area (Å²) in [4.78, 5) is 18.9. The number of hydrogen-bond acceptors (Lipinski definition) is 6. The number of carbonyl (C=O) groups is 1. The van der Waals surface area contributed by atoms with Crippen LogP contribution in [0.4, 0.5) is 0 Å². The largest absolute Gasteiger partial charge is 0.497 e. The zero-order valence-electron chi connectivity index (χ0n) is 23.0. The summed E-state index contributed by atoms with van der Waals surface area (Å²) in [6.45, 7) is 1.81. The highest BCUT2D eigenvalue weighted by Crippen LogP contribution is 2.40. The third kappa shape index (κ3) is 6.47. The Morgan fingerprint density at radius 1 is 1.00 bits per heavy atom. The first-order chi connectivity index (χ1) is 20.1. The maximum atomic E-state index is 11.9. The lowest BCUT2D eigenvalue weighted by molar-refractivity contribution is -0.120. The van der Waals surface area contributed by atoms with E-state index in [2.05, 4.69) is 15.2 Å². The number of para-hydroxylation sites is 1. The molecule has 2 aromatic heterocycles. The van der Waals surface area contributed by atoms with Crippen molar-refractivity contribution in [1.82, 2.24) is 24.9 Å². The first-order valence-corrected chi connectivity index (χ1v) is 13.7. The summed E-state index contributed by atoms with van der Waals surface area (Å²) in [5.74, 6) is 2.20. The molecule has 0 fully saturated rings. The standard InChI is InChI=1S/C24H24ClN5O3.C7H8O/c1-32-22-13-16(3-6-21(22)33-12-2-10-30-26-8-9-27-30)24-23-18(7-11-29(24)15-31)19-14-17(25)4-5-20(19)28-23;1-8-7-5-3-2-4-6-7/h3-6,8-9,13-15,24,28H,2,7,10-12H2,1H3;2-6H,1H3. The molecule has 10 heteroatoms. The summed E-state index contributed by atoms with van der Waals surface area (Å²) in [5.41, 5.74) is 4.17. The zero-order valence-corrected chi connectivity index (χ0v) is 23.8. The Morgan fingerprint density at radius 3 is 2.51 bits per heavy atom. The van der Waals surface area contributed by atoms with Gasteiger partial charge in [-0.1, -0.05) is 35.9 Å². The molecule has 0 spiro atoms. The van der Waals surface area contributed by atoms with Crippen LogP contribution >= 0.6 is 11.6 Å². The average Bonchev–Trinajstić information content (AvgIpc) is 3.67. The number of amides is 1. The van der Waals surface area contributed by atoms with Crippen molar-refractivity contribution in [3.05, 3.63) is 101 Å². The lowest BCUT2D eigenvalue weighted by Crippen LogP contribution is -2.35. The van der Waals surface area contributed by atoms with E-state index in [0.717, 1.165) is 47.2 Å². The predicted molar refractivity (Wildman–Crippen MR) is 158 cm³/mol. The number of ether oxygens (including phenoxy) is 3. The molecule has 1 amide bonds. The Balaban J connectivity index is 0.000000365. The Bertz CT molecular complexity index is 1570. The first kappa shape index (κ1) is 28.0. The normalized spacial score (nSPS) is 14.1. The molecule has 0 aliphatic carbocycles. The molecule has 6 rings (SSSR count). The number of hydrogen-bond donors (Lipinski definition) is 1. The molecule has 1 aliphatic rings. The van der Waals surface area contributed by atoms with Crippen LogP contribution in [0.15, 0.2) is 79.1 Å². The summed E-state index contributed by atoms with van der Waals surface area (Å²) in [6, 6.07) is 21.1. The topological polar surface area (TPSA) is 94.5 Å². The second kappa shape index (κ2) is 13.2. The molecule has 3 aromatic carbocycles. The molecule has 1 unspecified atom stereocenters. The molecule has 0 saturated heterocycles. The van der Waals surface area contributed by atoms with Gasteiger partial charge in [-0.05, 0) is 60.0 Å². The number of H-pyrrole nitrogens is 1. The number of aromatic nitrogens is 4. The first-order valence-electron chi connectivity index (χ1n) is 13.4. The second-order valence-corrected chi connectivity index (χ2v) is 9.89. The van der Waals surface area contributed by atoms with E-state index in [4.69, 9.17) is 25.8 Å². The van der Waals surface area contributed by atoms with Crippen molar-refractivity contribution in [3.8, 4) is 17.2 Å². The number of halogens is 1. The van der Waals surface area contributed by atoms with Gasteiger partial charge in [0.2, 0.25) is 6.41 Å². The number of aryl methyl sites for hydroxylation is 1. The van der Waals surface area contributed by atoms with Crippen LogP contribution in [0.2, 0.25) is 5.02 Å². The second-order valence-electron chi connectivity index (χ2n) is 9.46. The molecule has 5 aromatic rings. The summed E-state index contributed by atoms with van der Waals surface area (Å²) >= 11 is 6.25. The van der Waals surface area contributed by atoms with E-state index < -0.39 is 0 Å². The van der Waals surface area contributed by atoms with Crippen molar-refractivity contribution in [2.75, 3.05) is 27.4 Å². The minimum absolute atomic E-state index is 0.244. The van der Waals surface area contributed by atoms with Crippen molar-refractivity contribution >= 4 is 28.9 Å². The van der Waals surface area contributed by atoms with Gasteiger partial charge in [0, 0.05) is 34.6 Å². The van der Waals surface area contributed by atoms with Gasteiger partial charge < -0.3 is 24.1 Å². The van der Waals surface area contributed by atoms with Crippen molar-refractivity contribution in [2.45, 2.75) is 25.4 Å². The van der Waals surface area contributed by atoms with Crippen molar-refractivity contribution in [1.29, 1.82) is 0 Å². The molecule has 0 saturated carbocycles. The monoisotopic (exact) mass is 573 g/mol. The van der Waals surface area contributed by atoms with E-state index in [9.17, 15) is 4.79 Å². The fraction of sp³-hybridized carbons (Fsp3) is 0.258. The molecular weight excluding hydrogens is 542 g/mol. The van der Waals surface area contributed by atoms with Crippen LogP contribution in [0.25, 0.3) is 10.9 Å². The minimum Gasteiger partial charge on any atom is -0.497 e. The predicted octanol–water partition coefficient (Wildman–Crippen LogP) is 5.69. The number of methoxy groups -OCH3 is 2. The van der Waals surface area contributed by atoms with Gasteiger partial charge in [-0.15, -0.1) is 0 Å². The molecule has 1 N–H and O–H groups in total. The van der Waals surface area contributed by atoms with Crippen molar-refractivity contribution < 1.29 is 19.0 Å². The molecule has 41 heavy (non-hydrogen) atoms. The summed E-state index contributed by atoms with van der Waals surface area (Å²) in [7, 11) is 3.28.